The van der Waals surface area contributed by atoms with E-state index < -0.39 is 23.6 Å². The van der Waals surface area contributed by atoms with Crippen molar-refractivity contribution in [2.24, 2.45) is 0 Å². The number of carbonyl (C=O) groups excluding carboxylic acids is 1. The molecule has 3 N–H and O–H groups in total. The number of benzene rings is 1. The molecule has 2 aromatic rings. The van der Waals surface area contributed by atoms with Gasteiger partial charge in [0.25, 0.3) is 5.91 Å². The molecule has 0 fully saturated rings. The van der Waals surface area contributed by atoms with Crippen LogP contribution in [0.2, 0.25) is 0 Å². The van der Waals surface area contributed by atoms with Crippen molar-refractivity contribution in [2.75, 3.05) is 5.73 Å². The molecule has 21 heavy (non-hydrogen) atoms. The Hall–Kier alpha value is -2.50. The monoisotopic (exact) mass is 291 g/mol. The minimum Gasteiger partial charge on any atom is -0.397 e. The second-order valence-electron chi connectivity index (χ2n) is 4.76. The summed E-state index contributed by atoms with van der Waals surface area (Å²) in [7, 11) is 0. The first-order chi connectivity index (χ1) is 9.97. The van der Waals surface area contributed by atoms with Crippen LogP contribution in [0.3, 0.4) is 0 Å². The highest BCUT2D eigenvalue weighted by atomic mass is 19.1. The first-order valence-corrected chi connectivity index (χ1v) is 6.42. The summed E-state index contributed by atoms with van der Waals surface area (Å²) in [5, 5.41) is 2.64. The number of halogens is 2. The molecule has 1 aromatic heterocycles. The molecular weight excluding hydrogens is 276 g/mol. The van der Waals surface area contributed by atoms with Gasteiger partial charge in [-0.3, -0.25) is 4.79 Å². The zero-order valence-corrected chi connectivity index (χ0v) is 11.4. The summed E-state index contributed by atoms with van der Waals surface area (Å²) in [6.07, 6.45) is 1.43. The topological polar surface area (TPSA) is 68.0 Å². The van der Waals surface area contributed by atoms with Crippen molar-refractivity contribution in [3.05, 3.63) is 59.4 Å². The number of nitrogen functional groups attached to an aromatic ring is 1. The fourth-order valence-corrected chi connectivity index (χ4v) is 1.92. The van der Waals surface area contributed by atoms with Crippen LogP contribution >= 0.6 is 0 Å². The van der Waals surface area contributed by atoms with Crippen LogP contribution in [0.4, 0.5) is 14.5 Å². The van der Waals surface area contributed by atoms with Crippen LogP contribution in [0.25, 0.3) is 0 Å². The van der Waals surface area contributed by atoms with Crippen molar-refractivity contribution in [1.82, 2.24) is 10.3 Å². The lowest BCUT2D eigenvalue weighted by Gasteiger charge is -2.14. The first-order valence-electron chi connectivity index (χ1n) is 6.42. The summed E-state index contributed by atoms with van der Waals surface area (Å²) in [4.78, 5) is 15.8. The lowest BCUT2D eigenvalue weighted by Crippen LogP contribution is -2.35. The summed E-state index contributed by atoms with van der Waals surface area (Å²) < 4.78 is 27.1. The average molecular weight is 291 g/mol. The molecule has 0 aliphatic heterocycles. The lowest BCUT2D eigenvalue weighted by molar-refractivity contribution is 0.0934. The lowest BCUT2D eigenvalue weighted by atomic mass is 10.1. The van der Waals surface area contributed by atoms with E-state index in [1.54, 1.807) is 13.0 Å². The normalized spacial score (nSPS) is 12.0. The molecule has 0 spiro atoms. The Bertz CT molecular complexity index is 624. The van der Waals surface area contributed by atoms with Crippen molar-refractivity contribution in [3.63, 3.8) is 0 Å². The van der Waals surface area contributed by atoms with Gasteiger partial charge in [0.2, 0.25) is 0 Å². The Kier molecular flexibility index (Phi) is 4.47. The van der Waals surface area contributed by atoms with Crippen LogP contribution in [0, 0.1) is 11.6 Å². The third-order valence-electron chi connectivity index (χ3n) is 2.97. The molecule has 1 aromatic carbocycles. The third kappa shape index (κ3) is 3.75. The summed E-state index contributed by atoms with van der Waals surface area (Å²) in [5.74, 6) is -1.66. The number of carbonyl (C=O) groups is 1. The predicted molar refractivity (Wildman–Crippen MR) is 75.6 cm³/mol. The maximum atomic E-state index is 13.5. The van der Waals surface area contributed by atoms with E-state index >= 15 is 0 Å². The van der Waals surface area contributed by atoms with Crippen molar-refractivity contribution >= 4 is 11.6 Å². The number of nitrogens with one attached hydrogen (secondary N) is 1. The van der Waals surface area contributed by atoms with E-state index in [9.17, 15) is 13.6 Å². The summed E-state index contributed by atoms with van der Waals surface area (Å²) in [6, 6.07) is 6.28. The fourth-order valence-electron chi connectivity index (χ4n) is 1.92. The maximum absolute atomic E-state index is 13.5. The van der Waals surface area contributed by atoms with Gasteiger partial charge in [-0.05, 0) is 37.6 Å². The summed E-state index contributed by atoms with van der Waals surface area (Å²) in [5.41, 5.74) is 6.09. The number of rotatable bonds is 4. The van der Waals surface area contributed by atoms with E-state index in [2.05, 4.69) is 10.3 Å². The van der Waals surface area contributed by atoms with Gasteiger partial charge >= 0.3 is 0 Å². The Morgan fingerprint density at radius 2 is 1.95 bits per heavy atom. The predicted octanol–water partition coefficient (Wildman–Crippen LogP) is 2.30. The van der Waals surface area contributed by atoms with Crippen molar-refractivity contribution < 1.29 is 13.6 Å². The fraction of sp³-hybridized carbons (Fsp3) is 0.200. The molecule has 2 rings (SSSR count). The Morgan fingerprint density at radius 1 is 1.29 bits per heavy atom. The average Bonchev–Trinajstić information content (AvgIpc) is 2.43. The molecule has 0 bridgehead atoms. The zero-order valence-electron chi connectivity index (χ0n) is 11.4. The van der Waals surface area contributed by atoms with Crippen LogP contribution in [0.1, 0.15) is 23.0 Å². The minimum atomic E-state index is -0.623. The van der Waals surface area contributed by atoms with E-state index in [-0.39, 0.29) is 17.7 Å². The number of nitrogens with zero attached hydrogens (tertiary/aromatic N) is 1. The standard InChI is InChI=1S/C15H15F2N3O/c1-9(7-11-12(16)3-2-4-13(11)17)20-15(21)14-6-5-10(18)8-19-14/h2-6,8-9H,7,18H2,1H3,(H,20,21). The number of nitrogens with two attached hydrogens (primary N) is 1. The van der Waals surface area contributed by atoms with Crippen LogP contribution in [0.15, 0.2) is 36.5 Å². The van der Waals surface area contributed by atoms with Gasteiger partial charge in [0, 0.05) is 11.6 Å². The van der Waals surface area contributed by atoms with Gasteiger partial charge in [0.1, 0.15) is 17.3 Å². The summed E-state index contributed by atoms with van der Waals surface area (Å²) >= 11 is 0. The molecule has 1 heterocycles. The number of hydrogen-bond donors (Lipinski definition) is 2. The highest BCUT2D eigenvalue weighted by molar-refractivity contribution is 5.92. The highest BCUT2D eigenvalue weighted by Crippen LogP contribution is 2.14. The number of amides is 1. The minimum absolute atomic E-state index is 0.0458. The van der Waals surface area contributed by atoms with E-state index in [0.29, 0.717) is 5.69 Å². The van der Waals surface area contributed by atoms with Gasteiger partial charge in [-0.2, -0.15) is 0 Å². The van der Waals surface area contributed by atoms with E-state index in [1.165, 1.54) is 30.5 Å². The van der Waals surface area contributed by atoms with Gasteiger partial charge in [-0.25, -0.2) is 13.8 Å². The van der Waals surface area contributed by atoms with Gasteiger partial charge in [0.15, 0.2) is 0 Å². The van der Waals surface area contributed by atoms with Gasteiger partial charge in [0.05, 0.1) is 11.9 Å². The molecule has 0 aliphatic carbocycles. The molecule has 110 valence electrons. The van der Waals surface area contributed by atoms with Gasteiger partial charge in [-0.15, -0.1) is 0 Å². The van der Waals surface area contributed by atoms with Crippen LogP contribution in [-0.2, 0) is 6.42 Å². The largest absolute Gasteiger partial charge is 0.397 e. The molecule has 1 atom stereocenters. The molecular formula is C15H15F2N3O. The Labute approximate surface area is 121 Å². The van der Waals surface area contributed by atoms with Crippen LogP contribution < -0.4 is 11.1 Å². The molecule has 6 heteroatoms. The Morgan fingerprint density at radius 3 is 2.52 bits per heavy atom. The van der Waals surface area contributed by atoms with E-state index in [1.807, 2.05) is 0 Å². The van der Waals surface area contributed by atoms with E-state index in [0.717, 1.165) is 0 Å². The highest BCUT2D eigenvalue weighted by Gasteiger charge is 2.15. The van der Waals surface area contributed by atoms with Gasteiger partial charge in [-0.1, -0.05) is 6.07 Å². The Balaban J connectivity index is 2.03. The number of pyridine rings is 1. The molecule has 0 radical (unpaired) electrons. The smallest absolute Gasteiger partial charge is 0.270 e. The third-order valence-corrected chi connectivity index (χ3v) is 2.97. The van der Waals surface area contributed by atoms with Gasteiger partial charge < -0.3 is 11.1 Å². The summed E-state index contributed by atoms with van der Waals surface area (Å²) in [6.45, 7) is 1.67. The second-order valence-corrected chi connectivity index (χ2v) is 4.76. The SMILES string of the molecule is CC(Cc1c(F)cccc1F)NC(=O)c1ccc(N)cn1. The maximum Gasteiger partial charge on any atom is 0.270 e. The van der Waals surface area contributed by atoms with E-state index in [4.69, 9.17) is 5.73 Å². The first kappa shape index (κ1) is 14.9. The second kappa shape index (κ2) is 6.30. The zero-order chi connectivity index (χ0) is 15.4. The van der Waals surface area contributed by atoms with Crippen LogP contribution in [0.5, 0.6) is 0 Å². The quantitative estimate of drug-likeness (QED) is 0.908. The molecule has 4 nitrogen and oxygen atoms in total. The number of hydrogen-bond acceptors (Lipinski definition) is 3. The van der Waals surface area contributed by atoms with Crippen molar-refractivity contribution in [1.29, 1.82) is 0 Å². The number of aromatic nitrogens is 1. The molecule has 0 saturated heterocycles. The number of anilines is 1. The molecule has 1 unspecified atom stereocenters. The van der Waals surface area contributed by atoms with Crippen molar-refractivity contribution in [2.45, 2.75) is 19.4 Å². The molecule has 0 aliphatic rings. The molecule has 1 amide bonds. The molecule has 0 saturated carbocycles. The van der Waals surface area contributed by atoms with Crippen LogP contribution in [-0.4, -0.2) is 16.9 Å². The van der Waals surface area contributed by atoms with Crippen molar-refractivity contribution in [3.8, 4) is 0 Å².